The van der Waals surface area contributed by atoms with Gasteiger partial charge in [0.15, 0.2) is 5.82 Å². The summed E-state index contributed by atoms with van der Waals surface area (Å²) in [6, 6.07) is 14.1. The monoisotopic (exact) mass is 452 g/mol. The summed E-state index contributed by atoms with van der Waals surface area (Å²) >= 11 is 6.56. The van der Waals surface area contributed by atoms with Crippen molar-refractivity contribution in [2.24, 2.45) is 0 Å². The van der Waals surface area contributed by atoms with E-state index >= 15 is 0 Å². The van der Waals surface area contributed by atoms with Crippen LogP contribution in [0, 0.1) is 5.82 Å². The van der Waals surface area contributed by atoms with E-state index in [9.17, 15) is 4.39 Å². The summed E-state index contributed by atoms with van der Waals surface area (Å²) in [4.78, 5) is 7.06. The van der Waals surface area contributed by atoms with Crippen molar-refractivity contribution in [3.05, 3.63) is 89.5 Å². The molecule has 0 amide bonds. The molecule has 0 fully saturated rings. The summed E-state index contributed by atoms with van der Waals surface area (Å²) in [6.45, 7) is 13.8. The Bertz CT molecular complexity index is 1100. The third-order valence-corrected chi connectivity index (χ3v) is 5.58. The Morgan fingerprint density at radius 2 is 1.84 bits per heavy atom. The molecule has 0 aliphatic carbocycles. The molecule has 1 aromatic heterocycles. The maximum absolute atomic E-state index is 13.5. The van der Waals surface area contributed by atoms with Crippen LogP contribution in [0.3, 0.4) is 0 Å². The van der Waals surface area contributed by atoms with Crippen LogP contribution < -0.4 is 5.32 Å². The average Bonchev–Trinajstić information content (AvgIpc) is 3.10. The molecule has 0 spiro atoms. The number of unbranched alkanes of at least 4 members (excludes halogenated alkanes) is 1. The summed E-state index contributed by atoms with van der Waals surface area (Å²) in [7, 11) is 2.03. The second kappa shape index (κ2) is 10.5. The number of aromatic nitrogens is 2. The smallest absolute Gasteiger partial charge is 0.158 e. The Labute approximate surface area is 195 Å². The third-order valence-electron chi connectivity index (χ3n) is 5.25. The SMILES string of the molecule is C=C(C)Nc1nc(-c2ccccc2Cl)n(Cc2ccc(F)cc2)c1C(=C)N(C)CCCC. The van der Waals surface area contributed by atoms with Crippen molar-refractivity contribution < 1.29 is 4.39 Å². The van der Waals surface area contributed by atoms with Gasteiger partial charge < -0.3 is 14.8 Å². The number of anilines is 1. The first-order valence-electron chi connectivity index (χ1n) is 10.7. The molecule has 32 heavy (non-hydrogen) atoms. The first kappa shape index (κ1) is 23.6. The van der Waals surface area contributed by atoms with Gasteiger partial charge in [0.05, 0.1) is 10.7 Å². The van der Waals surface area contributed by atoms with Gasteiger partial charge in [0.2, 0.25) is 0 Å². The molecule has 2 aromatic carbocycles. The maximum Gasteiger partial charge on any atom is 0.158 e. The van der Waals surface area contributed by atoms with Crippen molar-refractivity contribution in [1.29, 1.82) is 0 Å². The standard InChI is InChI=1S/C26H30ClFN4/c1-6-7-16-31(5)19(4)24-25(29-18(2)3)30-26(22-10-8-9-11-23(22)27)32(24)17-20-12-14-21(28)15-13-20/h8-15,29H,2,4,6-7,16-17H2,1,3,5H3. The number of nitrogens with zero attached hydrogens (tertiary/aromatic N) is 3. The molecular weight excluding hydrogens is 423 g/mol. The lowest BCUT2D eigenvalue weighted by Gasteiger charge is -2.24. The maximum atomic E-state index is 13.5. The predicted octanol–water partition coefficient (Wildman–Crippen LogP) is 7.04. The van der Waals surface area contributed by atoms with Crippen molar-refractivity contribution in [1.82, 2.24) is 14.5 Å². The molecule has 168 valence electrons. The van der Waals surface area contributed by atoms with E-state index in [2.05, 4.69) is 34.9 Å². The van der Waals surface area contributed by atoms with Gasteiger partial charge in [-0.1, -0.05) is 62.4 Å². The molecule has 0 saturated carbocycles. The zero-order valence-corrected chi connectivity index (χ0v) is 19.7. The lowest BCUT2D eigenvalue weighted by atomic mass is 10.1. The van der Waals surface area contributed by atoms with E-state index in [0.29, 0.717) is 23.2 Å². The van der Waals surface area contributed by atoms with Crippen LogP contribution in [-0.4, -0.2) is 28.0 Å². The van der Waals surface area contributed by atoms with Gasteiger partial charge in [-0.3, -0.25) is 0 Å². The molecular formula is C26H30ClFN4. The van der Waals surface area contributed by atoms with Crippen LogP contribution in [0.2, 0.25) is 5.02 Å². The Balaban J connectivity index is 2.20. The van der Waals surface area contributed by atoms with Crippen molar-refractivity contribution in [2.45, 2.75) is 33.2 Å². The summed E-state index contributed by atoms with van der Waals surface area (Å²) in [5.74, 6) is 1.12. The molecule has 3 rings (SSSR count). The molecule has 0 aliphatic rings. The number of hydrogen-bond acceptors (Lipinski definition) is 3. The van der Waals surface area contributed by atoms with Crippen molar-refractivity contribution in [2.75, 3.05) is 18.9 Å². The van der Waals surface area contributed by atoms with Crippen molar-refractivity contribution >= 4 is 23.1 Å². The van der Waals surface area contributed by atoms with Gasteiger partial charge in [-0.2, -0.15) is 0 Å². The summed E-state index contributed by atoms with van der Waals surface area (Å²) in [5, 5.41) is 3.90. The highest BCUT2D eigenvalue weighted by molar-refractivity contribution is 6.33. The van der Waals surface area contributed by atoms with Crippen LogP contribution in [0.4, 0.5) is 10.2 Å². The van der Waals surface area contributed by atoms with E-state index < -0.39 is 0 Å². The molecule has 6 heteroatoms. The van der Waals surface area contributed by atoms with Crippen LogP contribution >= 0.6 is 11.6 Å². The Morgan fingerprint density at radius 1 is 1.16 bits per heavy atom. The average molecular weight is 453 g/mol. The summed E-state index contributed by atoms with van der Waals surface area (Å²) in [5.41, 5.74) is 4.23. The minimum Gasteiger partial charge on any atom is -0.373 e. The first-order chi connectivity index (χ1) is 15.3. The van der Waals surface area contributed by atoms with Gasteiger partial charge in [0, 0.05) is 31.4 Å². The number of allylic oxidation sites excluding steroid dienone is 1. The highest BCUT2D eigenvalue weighted by atomic mass is 35.5. The second-order valence-corrected chi connectivity index (χ2v) is 8.36. The third kappa shape index (κ3) is 5.40. The molecule has 3 aromatic rings. The summed E-state index contributed by atoms with van der Waals surface area (Å²) in [6.07, 6.45) is 2.15. The molecule has 0 atom stereocenters. The number of imidazole rings is 1. The Morgan fingerprint density at radius 3 is 2.47 bits per heavy atom. The van der Waals surface area contributed by atoms with E-state index in [1.54, 1.807) is 12.1 Å². The van der Waals surface area contributed by atoms with Gasteiger partial charge in [0.1, 0.15) is 17.3 Å². The van der Waals surface area contributed by atoms with E-state index in [0.717, 1.165) is 47.6 Å². The Hall–Kier alpha value is -3.05. The number of halogens is 2. The van der Waals surface area contributed by atoms with Crippen LogP contribution in [0.15, 0.2) is 67.4 Å². The first-order valence-corrected chi connectivity index (χ1v) is 11.1. The fourth-order valence-electron chi connectivity index (χ4n) is 3.52. The molecule has 0 aliphatic heterocycles. The molecule has 0 unspecified atom stereocenters. The molecule has 1 N–H and O–H groups in total. The van der Waals surface area contributed by atoms with Crippen molar-refractivity contribution in [3.8, 4) is 11.4 Å². The van der Waals surface area contributed by atoms with Crippen LogP contribution in [0.1, 0.15) is 37.9 Å². The minimum absolute atomic E-state index is 0.265. The summed E-state index contributed by atoms with van der Waals surface area (Å²) < 4.78 is 15.6. The van der Waals surface area contributed by atoms with E-state index in [4.69, 9.17) is 16.6 Å². The normalized spacial score (nSPS) is 10.8. The van der Waals surface area contributed by atoms with Gasteiger partial charge in [-0.15, -0.1) is 0 Å². The highest BCUT2D eigenvalue weighted by Gasteiger charge is 2.24. The Kier molecular flexibility index (Phi) is 7.75. The van der Waals surface area contributed by atoms with Gasteiger partial charge in [0.25, 0.3) is 0 Å². The molecule has 0 bridgehead atoms. The fourth-order valence-corrected chi connectivity index (χ4v) is 3.74. The highest BCUT2D eigenvalue weighted by Crippen LogP contribution is 2.35. The van der Waals surface area contributed by atoms with Crippen LogP contribution in [0.25, 0.3) is 17.1 Å². The number of hydrogen-bond donors (Lipinski definition) is 1. The topological polar surface area (TPSA) is 33.1 Å². The predicted molar refractivity (Wildman–Crippen MR) is 133 cm³/mol. The van der Waals surface area contributed by atoms with E-state index in [1.165, 1.54) is 12.1 Å². The van der Waals surface area contributed by atoms with Gasteiger partial charge in [-0.25, -0.2) is 9.37 Å². The van der Waals surface area contributed by atoms with Crippen LogP contribution in [-0.2, 0) is 6.54 Å². The fraction of sp³-hybridized carbons (Fsp3) is 0.269. The molecule has 0 radical (unpaired) electrons. The zero-order valence-electron chi connectivity index (χ0n) is 19.0. The lowest BCUT2D eigenvalue weighted by Crippen LogP contribution is -2.20. The molecule has 1 heterocycles. The second-order valence-electron chi connectivity index (χ2n) is 7.95. The largest absolute Gasteiger partial charge is 0.373 e. The lowest BCUT2D eigenvalue weighted by molar-refractivity contribution is 0.460. The molecule has 0 saturated heterocycles. The molecule has 4 nitrogen and oxygen atoms in total. The van der Waals surface area contributed by atoms with Crippen LogP contribution in [0.5, 0.6) is 0 Å². The quantitative estimate of drug-likeness (QED) is 0.358. The van der Waals surface area contributed by atoms with Gasteiger partial charge in [-0.05, 0) is 43.2 Å². The number of nitrogens with one attached hydrogen (secondary N) is 1. The number of benzene rings is 2. The zero-order chi connectivity index (χ0) is 23.3. The van der Waals surface area contributed by atoms with Crippen molar-refractivity contribution in [3.63, 3.8) is 0 Å². The van der Waals surface area contributed by atoms with E-state index in [1.807, 2.05) is 38.2 Å². The van der Waals surface area contributed by atoms with E-state index in [-0.39, 0.29) is 5.82 Å². The van der Waals surface area contributed by atoms with Gasteiger partial charge >= 0.3 is 0 Å². The minimum atomic E-state index is -0.265. The number of rotatable bonds is 10.